The molecule has 3 nitrogen and oxygen atoms in total. The number of halogens is 1. The number of hydrogen-bond donors (Lipinski definition) is 1. The highest BCUT2D eigenvalue weighted by Crippen LogP contribution is 2.30. The van der Waals surface area contributed by atoms with E-state index in [1.54, 1.807) is 6.21 Å². The van der Waals surface area contributed by atoms with Gasteiger partial charge in [-0.3, -0.25) is 5.43 Å². The van der Waals surface area contributed by atoms with Crippen LogP contribution in [0.25, 0.3) is 22.0 Å². The van der Waals surface area contributed by atoms with Gasteiger partial charge in [0.1, 0.15) is 0 Å². The Morgan fingerprint density at radius 3 is 2.64 bits per heavy atom. The zero-order valence-corrected chi connectivity index (χ0v) is 14.8. The summed E-state index contributed by atoms with van der Waals surface area (Å²) in [5, 5.41) is 10.2. The van der Waals surface area contributed by atoms with Gasteiger partial charge in [0.2, 0.25) is 5.13 Å². The van der Waals surface area contributed by atoms with Crippen molar-refractivity contribution in [3.63, 3.8) is 0 Å². The minimum Gasteiger partial charge on any atom is -0.253 e. The van der Waals surface area contributed by atoms with Gasteiger partial charge in [0, 0.05) is 16.0 Å². The fourth-order valence-corrected chi connectivity index (χ4v) is 3.39. The highest BCUT2D eigenvalue weighted by molar-refractivity contribution is 7.14. The first-order chi connectivity index (χ1) is 12.3. The number of aromatic nitrogens is 1. The van der Waals surface area contributed by atoms with Gasteiger partial charge < -0.3 is 0 Å². The molecule has 1 aromatic heterocycles. The lowest BCUT2D eigenvalue weighted by atomic mass is 10.0. The molecule has 3 aromatic carbocycles. The molecule has 4 rings (SSSR count). The number of rotatable bonds is 4. The van der Waals surface area contributed by atoms with Gasteiger partial charge in [-0.15, -0.1) is 11.3 Å². The van der Waals surface area contributed by atoms with E-state index in [0.29, 0.717) is 5.02 Å². The van der Waals surface area contributed by atoms with E-state index in [-0.39, 0.29) is 0 Å². The summed E-state index contributed by atoms with van der Waals surface area (Å²) >= 11 is 7.41. The summed E-state index contributed by atoms with van der Waals surface area (Å²) in [6.45, 7) is 0. The van der Waals surface area contributed by atoms with Crippen LogP contribution in [-0.4, -0.2) is 11.2 Å². The number of benzene rings is 3. The third-order valence-corrected chi connectivity index (χ3v) is 4.81. The summed E-state index contributed by atoms with van der Waals surface area (Å²) in [5.74, 6) is 0. The third kappa shape index (κ3) is 3.55. The summed E-state index contributed by atoms with van der Waals surface area (Å²) in [6.07, 6.45) is 1.75. The number of nitrogens with zero attached hydrogens (tertiary/aromatic N) is 2. The first kappa shape index (κ1) is 15.8. The topological polar surface area (TPSA) is 37.3 Å². The Morgan fingerprint density at radius 2 is 1.76 bits per heavy atom. The minimum absolute atomic E-state index is 0.713. The largest absolute Gasteiger partial charge is 0.253 e. The smallest absolute Gasteiger partial charge is 0.203 e. The SMILES string of the molecule is Clc1ccc(/C=N\Nc2nc(-c3cccc4ccccc34)cs2)cc1. The number of anilines is 1. The number of fused-ring (bicyclic) bond motifs is 1. The predicted octanol–water partition coefficient (Wildman–Crippen LogP) is 6.06. The summed E-state index contributed by atoms with van der Waals surface area (Å²) in [4.78, 5) is 4.65. The molecule has 0 aliphatic rings. The highest BCUT2D eigenvalue weighted by atomic mass is 35.5. The fraction of sp³-hybridized carbons (Fsp3) is 0. The number of hydrogen-bond acceptors (Lipinski definition) is 4. The molecule has 0 amide bonds. The van der Waals surface area contributed by atoms with Crippen LogP contribution in [0.5, 0.6) is 0 Å². The van der Waals surface area contributed by atoms with E-state index in [4.69, 9.17) is 11.6 Å². The van der Waals surface area contributed by atoms with Crippen LogP contribution in [0.2, 0.25) is 5.02 Å². The molecular weight excluding hydrogens is 350 g/mol. The quantitative estimate of drug-likeness (QED) is 0.353. The molecule has 0 saturated heterocycles. The Bertz CT molecular complexity index is 1030. The second kappa shape index (κ2) is 7.05. The van der Waals surface area contributed by atoms with Crippen molar-refractivity contribution < 1.29 is 0 Å². The first-order valence-electron chi connectivity index (χ1n) is 7.78. The molecule has 0 saturated carbocycles. The van der Waals surface area contributed by atoms with Crippen LogP contribution in [0, 0.1) is 0 Å². The van der Waals surface area contributed by atoms with Gasteiger partial charge >= 0.3 is 0 Å². The Morgan fingerprint density at radius 1 is 0.960 bits per heavy atom. The van der Waals surface area contributed by atoms with Crippen molar-refractivity contribution >= 4 is 45.1 Å². The maximum Gasteiger partial charge on any atom is 0.203 e. The molecule has 4 aromatic rings. The van der Waals surface area contributed by atoms with E-state index >= 15 is 0 Å². The maximum atomic E-state index is 5.88. The van der Waals surface area contributed by atoms with E-state index in [1.807, 2.05) is 41.8 Å². The summed E-state index contributed by atoms with van der Waals surface area (Å²) < 4.78 is 0. The fourth-order valence-electron chi connectivity index (χ4n) is 2.61. The van der Waals surface area contributed by atoms with Crippen molar-refractivity contribution in [2.75, 3.05) is 5.43 Å². The van der Waals surface area contributed by atoms with Crippen LogP contribution >= 0.6 is 22.9 Å². The molecule has 0 aliphatic carbocycles. The zero-order valence-electron chi connectivity index (χ0n) is 13.2. The van der Waals surface area contributed by atoms with Crippen molar-refractivity contribution in [3.8, 4) is 11.3 Å². The lowest BCUT2D eigenvalue weighted by Gasteiger charge is -2.03. The first-order valence-corrected chi connectivity index (χ1v) is 9.04. The number of thiazole rings is 1. The average molecular weight is 364 g/mol. The van der Waals surface area contributed by atoms with Crippen molar-refractivity contribution in [1.29, 1.82) is 0 Å². The van der Waals surface area contributed by atoms with Gasteiger partial charge in [0.15, 0.2) is 0 Å². The molecule has 0 bridgehead atoms. The Kier molecular flexibility index (Phi) is 4.46. The van der Waals surface area contributed by atoms with Crippen molar-refractivity contribution in [2.24, 2.45) is 5.10 Å². The van der Waals surface area contributed by atoms with Gasteiger partial charge in [-0.05, 0) is 28.5 Å². The van der Waals surface area contributed by atoms with E-state index < -0.39 is 0 Å². The second-order valence-corrected chi connectivity index (χ2v) is 6.78. The van der Waals surface area contributed by atoms with Crippen molar-refractivity contribution in [2.45, 2.75) is 0 Å². The molecule has 1 N–H and O–H groups in total. The van der Waals surface area contributed by atoms with Crippen LogP contribution in [0.3, 0.4) is 0 Å². The van der Waals surface area contributed by atoms with Crippen LogP contribution in [0.15, 0.2) is 77.2 Å². The van der Waals surface area contributed by atoms with E-state index in [0.717, 1.165) is 22.0 Å². The monoisotopic (exact) mass is 363 g/mol. The lowest BCUT2D eigenvalue weighted by Crippen LogP contribution is -1.90. The number of nitrogens with one attached hydrogen (secondary N) is 1. The maximum absolute atomic E-state index is 5.88. The molecule has 25 heavy (non-hydrogen) atoms. The third-order valence-electron chi connectivity index (χ3n) is 3.81. The lowest BCUT2D eigenvalue weighted by molar-refractivity contribution is 1.29. The molecule has 0 aliphatic heterocycles. The normalized spacial score (nSPS) is 11.2. The molecule has 0 radical (unpaired) electrons. The number of hydrazone groups is 1. The minimum atomic E-state index is 0.713. The van der Waals surface area contributed by atoms with E-state index in [1.165, 1.54) is 22.1 Å². The van der Waals surface area contributed by atoms with Crippen LogP contribution < -0.4 is 5.43 Å². The van der Waals surface area contributed by atoms with E-state index in [2.05, 4.69) is 45.8 Å². The van der Waals surface area contributed by atoms with Gasteiger partial charge in [-0.25, -0.2) is 4.98 Å². The standard InChI is InChI=1S/C20H14ClN3S/c21-16-10-8-14(9-11-16)12-22-24-20-23-19(13-25-20)18-7-3-5-15-4-1-2-6-17(15)18/h1-13H,(H,23,24)/b22-12-. The van der Waals surface area contributed by atoms with Crippen LogP contribution in [0.4, 0.5) is 5.13 Å². The molecule has 0 fully saturated rings. The van der Waals surface area contributed by atoms with E-state index in [9.17, 15) is 0 Å². The summed E-state index contributed by atoms with van der Waals surface area (Å²) in [6, 6.07) is 22.1. The molecule has 0 atom stereocenters. The second-order valence-electron chi connectivity index (χ2n) is 5.49. The van der Waals surface area contributed by atoms with Gasteiger partial charge in [0.25, 0.3) is 0 Å². The van der Waals surface area contributed by atoms with Gasteiger partial charge in [-0.1, -0.05) is 66.2 Å². The van der Waals surface area contributed by atoms with Gasteiger partial charge in [0.05, 0.1) is 11.9 Å². The van der Waals surface area contributed by atoms with Gasteiger partial charge in [-0.2, -0.15) is 5.10 Å². The average Bonchev–Trinajstić information content (AvgIpc) is 3.12. The summed E-state index contributed by atoms with van der Waals surface area (Å²) in [7, 11) is 0. The zero-order chi connectivity index (χ0) is 17.1. The molecule has 122 valence electrons. The molecule has 0 unspecified atom stereocenters. The molecule has 1 heterocycles. The highest BCUT2D eigenvalue weighted by Gasteiger charge is 2.07. The Labute approximate surface area is 154 Å². The Hall–Kier alpha value is -2.69. The van der Waals surface area contributed by atoms with Crippen molar-refractivity contribution in [1.82, 2.24) is 4.98 Å². The molecule has 0 spiro atoms. The molecule has 5 heteroatoms. The van der Waals surface area contributed by atoms with Crippen molar-refractivity contribution in [3.05, 3.63) is 82.7 Å². The predicted molar refractivity (Wildman–Crippen MR) is 108 cm³/mol. The van der Waals surface area contributed by atoms with Crippen LogP contribution in [-0.2, 0) is 0 Å². The Balaban J connectivity index is 1.55. The van der Waals surface area contributed by atoms with Crippen LogP contribution in [0.1, 0.15) is 5.56 Å². The summed E-state index contributed by atoms with van der Waals surface area (Å²) in [5.41, 5.74) is 6.04. The molecular formula is C20H14ClN3S.